The molecule has 2 amide bonds. The van der Waals surface area contributed by atoms with Gasteiger partial charge >= 0.3 is 17.9 Å². The Hall–Kier alpha value is -5.74. The second kappa shape index (κ2) is 29.4. The molecule has 0 unspecified atom stereocenters. The van der Waals surface area contributed by atoms with Crippen molar-refractivity contribution < 1.29 is 76.9 Å². The van der Waals surface area contributed by atoms with E-state index in [1.54, 1.807) is 38.1 Å². The van der Waals surface area contributed by atoms with Crippen LogP contribution in [0.3, 0.4) is 0 Å². The van der Waals surface area contributed by atoms with Gasteiger partial charge in [-0.3, -0.25) is 19.3 Å². The number of rotatable bonds is 26. The number of ether oxygens (including phenoxy) is 8. The van der Waals surface area contributed by atoms with Crippen molar-refractivity contribution in [2.75, 3.05) is 80.1 Å². The van der Waals surface area contributed by atoms with Crippen LogP contribution in [-0.2, 0) is 70.1 Å². The normalized spacial score (nSPS) is 20.9. The number of methoxy groups -OCH3 is 1. The Labute approximate surface area is 437 Å². The minimum atomic E-state index is -1.24. The molecule has 1 saturated heterocycles. The quantitative estimate of drug-likeness (QED) is 0.0476. The predicted molar refractivity (Wildman–Crippen MR) is 270 cm³/mol. The van der Waals surface area contributed by atoms with E-state index in [1.165, 1.54) is 25.3 Å². The number of carbonyl (C=O) groups is 5. The number of esters is 2. The molecular formula is C53H73ClN4O16. The summed E-state index contributed by atoms with van der Waals surface area (Å²) in [6, 6.07) is 14.6. The van der Waals surface area contributed by atoms with Crippen molar-refractivity contribution in [3.63, 3.8) is 0 Å². The number of amides is 2. The zero-order valence-electron chi connectivity index (χ0n) is 43.4. The van der Waals surface area contributed by atoms with Gasteiger partial charge in [-0.15, -0.1) is 4.73 Å². The van der Waals surface area contributed by atoms with Gasteiger partial charge in [-0.2, -0.15) is 0 Å². The number of nitrogens with one attached hydrogen (secondary N) is 2. The average molecular weight is 1060 g/mol. The van der Waals surface area contributed by atoms with Crippen LogP contribution in [0.2, 0.25) is 5.02 Å². The summed E-state index contributed by atoms with van der Waals surface area (Å²) in [7, 11) is 3.51. The van der Waals surface area contributed by atoms with Crippen molar-refractivity contribution in [1.82, 2.24) is 20.3 Å². The van der Waals surface area contributed by atoms with Crippen LogP contribution in [0.5, 0.6) is 17.5 Å². The van der Waals surface area contributed by atoms with Crippen LogP contribution < -0.4 is 20.2 Å². The van der Waals surface area contributed by atoms with Crippen LogP contribution >= 0.6 is 11.6 Å². The standard InChI is InChI=1S/C53H73ClN4O16/c1-34(2)29-43-51(64)71-41(9-8-10-44(59)56-40(31-37-13-16-42(66-7)39(54)30-37)50(63)55-33-53(4,5)52(65)72-43)35(3)48-49(73-48)38-14-11-36(12-15-38)32-57(6)20-22-68-24-26-70-28-27-69-25-23-67-21-19-47(62)74-58-45(60)17-18-46(58)61/h8,10-18,30,34-35,40-41,43,48-49,60-61H,9,19-29,31-33H2,1-7H3,(H,55,63)(H,56,59)/t35-,40+,41-,43-,48+,49+/m0/s1. The molecule has 2 aromatic carbocycles. The fourth-order valence-corrected chi connectivity index (χ4v) is 8.09. The van der Waals surface area contributed by atoms with Gasteiger partial charge in [0.25, 0.3) is 0 Å². The van der Waals surface area contributed by atoms with E-state index in [1.807, 2.05) is 40.0 Å². The zero-order valence-corrected chi connectivity index (χ0v) is 44.1. The van der Waals surface area contributed by atoms with E-state index in [9.17, 15) is 34.2 Å². The van der Waals surface area contributed by atoms with Crippen LogP contribution in [0.15, 0.2) is 66.7 Å². The molecule has 21 heteroatoms. The van der Waals surface area contributed by atoms with Crippen molar-refractivity contribution in [3.8, 4) is 17.5 Å². The van der Waals surface area contributed by atoms with E-state index < -0.39 is 65.1 Å². The fourth-order valence-electron chi connectivity index (χ4n) is 7.81. The number of cyclic esters (lactones) is 2. The number of likely N-dealkylation sites (N-methyl/N-ethyl adjacent to an activating group) is 1. The number of hydrogen-bond acceptors (Lipinski definition) is 17. The van der Waals surface area contributed by atoms with E-state index in [-0.39, 0.29) is 69.5 Å². The minimum absolute atomic E-state index is 0.0226. The minimum Gasteiger partial charge on any atom is -0.495 e. The van der Waals surface area contributed by atoms with E-state index in [4.69, 9.17) is 54.3 Å². The van der Waals surface area contributed by atoms with E-state index in [0.29, 0.717) is 73.8 Å². The summed E-state index contributed by atoms with van der Waals surface area (Å²) < 4.78 is 46.3. The highest BCUT2D eigenvalue weighted by molar-refractivity contribution is 6.32. The molecule has 2 aliphatic heterocycles. The maximum Gasteiger partial charge on any atom is 0.347 e. The summed E-state index contributed by atoms with van der Waals surface area (Å²) in [5.41, 5.74) is 1.50. The SMILES string of the molecule is COc1ccc(C[C@H]2NC(=O)C=CC[C@@H]([C@H](C)[C@H]3O[C@@H]3c3ccc(CN(C)CCOCCOCCOCCOCCC(=O)On4c(O)ccc4O)cc3)OC(=O)[C@H](CC(C)C)OC(=O)C(C)(C)CNC2=O)cc1Cl. The summed E-state index contributed by atoms with van der Waals surface area (Å²) in [6.45, 7) is 13.0. The predicted octanol–water partition coefficient (Wildman–Crippen LogP) is 4.88. The first kappa shape index (κ1) is 59.1. The highest BCUT2D eigenvalue weighted by Crippen LogP contribution is 2.45. The molecule has 74 heavy (non-hydrogen) atoms. The first-order chi connectivity index (χ1) is 35.3. The lowest BCUT2D eigenvalue weighted by atomic mass is 9.92. The maximum atomic E-state index is 13.9. The van der Waals surface area contributed by atoms with E-state index in [2.05, 4.69) is 27.7 Å². The van der Waals surface area contributed by atoms with Crippen LogP contribution in [0.1, 0.15) is 76.7 Å². The monoisotopic (exact) mass is 1060 g/mol. The summed E-state index contributed by atoms with van der Waals surface area (Å²) in [6.07, 6.45) is 0.797. The van der Waals surface area contributed by atoms with Gasteiger partial charge in [-0.1, -0.05) is 68.8 Å². The van der Waals surface area contributed by atoms with Crippen molar-refractivity contribution in [3.05, 3.63) is 88.5 Å². The number of carbonyl (C=O) groups excluding carboxylic acids is 5. The third-order valence-corrected chi connectivity index (χ3v) is 12.5. The third kappa shape index (κ3) is 19.2. The third-order valence-electron chi connectivity index (χ3n) is 12.2. The average Bonchev–Trinajstić information content (AvgIpc) is 4.10. The molecule has 2 aliphatic rings. The number of aromatic hydroxyl groups is 2. The summed E-state index contributed by atoms with van der Waals surface area (Å²) in [5.74, 6) is -3.79. The molecule has 0 bridgehead atoms. The Bertz CT molecular complexity index is 2300. The first-order valence-corrected chi connectivity index (χ1v) is 25.3. The lowest BCUT2D eigenvalue weighted by Gasteiger charge is -2.29. The molecule has 0 spiro atoms. The Morgan fingerprint density at radius 1 is 0.865 bits per heavy atom. The molecule has 20 nitrogen and oxygen atoms in total. The molecule has 5 rings (SSSR count). The smallest absolute Gasteiger partial charge is 0.347 e. The number of epoxide rings is 1. The number of nitrogens with zero attached hydrogens (tertiary/aromatic N) is 2. The van der Waals surface area contributed by atoms with Gasteiger partial charge in [0.15, 0.2) is 6.10 Å². The van der Waals surface area contributed by atoms with Gasteiger partial charge in [-0.05, 0) is 68.1 Å². The molecular weight excluding hydrogens is 984 g/mol. The molecule has 3 aromatic rings. The molecule has 1 fully saturated rings. The maximum absolute atomic E-state index is 13.9. The molecule has 3 heterocycles. The van der Waals surface area contributed by atoms with E-state index in [0.717, 1.165) is 11.1 Å². The van der Waals surface area contributed by atoms with Crippen molar-refractivity contribution in [2.45, 2.75) is 97.3 Å². The zero-order chi connectivity index (χ0) is 53.8. The van der Waals surface area contributed by atoms with Crippen LogP contribution in [0.25, 0.3) is 0 Å². The summed E-state index contributed by atoms with van der Waals surface area (Å²) in [4.78, 5) is 73.4. The van der Waals surface area contributed by atoms with Crippen molar-refractivity contribution in [1.29, 1.82) is 0 Å². The number of benzene rings is 2. The van der Waals surface area contributed by atoms with Gasteiger partial charge < -0.3 is 63.6 Å². The molecule has 6 atom stereocenters. The van der Waals surface area contributed by atoms with Crippen LogP contribution in [0.4, 0.5) is 0 Å². The Morgan fingerprint density at radius 2 is 1.49 bits per heavy atom. The number of hydrogen-bond donors (Lipinski definition) is 4. The van der Waals surface area contributed by atoms with Crippen LogP contribution in [-0.4, -0.2) is 154 Å². The molecule has 4 N–H and O–H groups in total. The van der Waals surface area contributed by atoms with Crippen LogP contribution in [0, 0.1) is 17.3 Å². The number of aromatic nitrogens is 1. The van der Waals surface area contributed by atoms with Gasteiger partial charge in [0, 0.05) is 50.5 Å². The molecule has 0 aliphatic carbocycles. The highest BCUT2D eigenvalue weighted by atomic mass is 35.5. The lowest BCUT2D eigenvalue weighted by Crippen LogP contribution is -2.51. The van der Waals surface area contributed by atoms with Crippen molar-refractivity contribution in [2.24, 2.45) is 17.3 Å². The Morgan fingerprint density at radius 3 is 2.11 bits per heavy atom. The molecule has 0 radical (unpaired) electrons. The molecule has 408 valence electrons. The topological polar surface area (TPSA) is 244 Å². The second-order valence-electron chi connectivity index (χ2n) is 19.3. The van der Waals surface area contributed by atoms with Gasteiger partial charge in [0.1, 0.15) is 24.0 Å². The van der Waals surface area contributed by atoms with Gasteiger partial charge in [0.05, 0.1) is 82.9 Å². The van der Waals surface area contributed by atoms with E-state index >= 15 is 0 Å². The van der Waals surface area contributed by atoms with Gasteiger partial charge in [0.2, 0.25) is 23.6 Å². The Kier molecular flexibility index (Phi) is 23.5. The first-order valence-electron chi connectivity index (χ1n) is 24.9. The second-order valence-corrected chi connectivity index (χ2v) is 19.7. The Balaban J connectivity index is 1.05. The fraction of sp³-hybridized carbons (Fsp3) is 0.566. The highest BCUT2D eigenvalue weighted by Gasteiger charge is 2.48. The van der Waals surface area contributed by atoms with Crippen molar-refractivity contribution >= 4 is 41.3 Å². The summed E-state index contributed by atoms with van der Waals surface area (Å²) >= 11 is 6.38. The molecule has 1 aromatic heterocycles. The summed E-state index contributed by atoms with van der Waals surface area (Å²) in [5, 5.41) is 25.0. The largest absolute Gasteiger partial charge is 0.495 e. The number of halogens is 1. The van der Waals surface area contributed by atoms with Gasteiger partial charge in [-0.25, -0.2) is 9.59 Å². The lowest BCUT2D eigenvalue weighted by molar-refractivity contribution is -0.179. The molecule has 0 saturated carbocycles.